The van der Waals surface area contributed by atoms with Crippen LogP contribution in [0.2, 0.25) is 0 Å². The van der Waals surface area contributed by atoms with Crippen molar-refractivity contribution in [2.45, 2.75) is 0 Å². The first kappa shape index (κ1) is 35.6. The quantitative estimate of drug-likeness (QED) is 0.153. The number of furan rings is 1. The van der Waals surface area contributed by atoms with E-state index in [4.69, 9.17) is 4.42 Å². The number of rotatable bonds is 8. The number of benzene rings is 10. The minimum atomic E-state index is 0.875. The lowest BCUT2D eigenvalue weighted by molar-refractivity contribution is 0.669. The predicted molar refractivity (Wildman–Crippen MR) is 260 cm³/mol. The van der Waals surface area contributed by atoms with Crippen LogP contribution in [0.4, 0.5) is 34.1 Å². The number of hydrogen-bond donors (Lipinski definition) is 0. The maximum Gasteiger partial charge on any atom is 0.136 e. The molecule has 0 aliphatic rings. The van der Waals surface area contributed by atoms with Gasteiger partial charge in [-0.3, -0.25) is 0 Å². The summed E-state index contributed by atoms with van der Waals surface area (Å²) >= 11 is 0. The highest BCUT2D eigenvalue weighted by Gasteiger charge is 2.21. The van der Waals surface area contributed by atoms with Gasteiger partial charge in [-0.2, -0.15) is 0 Å². The van der Waals surface area contributed by atoms with Crippen molar-refractivity contribution in [3.05, 3.63) is 237 Å². The van der Waals surface area contributed by atoms with Crippen molar-refractivity contribution in [3.63, 3.8) is 0 Å². The molecule has 0 bridgehead atoms. The van der Waals surface area contributed by atoms with Crippen molar-refractivity contribution in [1.29, 1.82) is 0 Å². The van der Waals surface area contributed by atoms with Crippen LogP contribution in [0.1, 0.15) is 0 Å². The smallest absolute Gasteiger partial charge is 0.136 e. The second kappa shape index (κ2) is 14.7. The number of hydrogen-bond acceptors (Lipinski definition) is 3. The Labute approximate surface area is 359 Å². The molecule has 0 saturated carbocycles. The fourth-order valence-electron chi connectivity index (χ4n) is 9.27. The summed E-state index contributed by atoms with van der Waals surface area (Å²) in [4.78, 5) is 4.71. The van der Waals surface area contributed by atoms with Crippen molar-refractivity contribution in [3.8, 4) is 16.8 Å². The average molecular weight is 794 g/mol. The summed E-state index contributed by atoms with van der Waals surface area (Å²) < 4.78 is 8.81. The van der Waals surface area contributed by atoms with Gasteiger partial charge in [0.1, 0.15) is 11.2 Å². The Kier molecular flexibility index (Phi) is 8.46. The van der Waals surface area contributed by atoms with Crippen LogP contribution in [0, 0.1) is 0 Å². The van der Waals surface area contributed by atoms with Gasteiger partial charge in [0.25, 0.3) is 0 Å². The number of fused-ring (bicyclic) bond motifs is 7. The third-order valence-corrected chi connectivity index (χ3v) is 12.1. The molecule has 0 saturated heterocycles. The van der Waals surface area contributed by atoms with E-state index < -0.39 is 0 Å². The Bertz CT molecular complexity index is 3570. The van der Waals surface area contributed by atoms with Crippen molar-refractivity contribution in [2.75, 3.05) is 9.80 Å². The van der Waals surface area contributed by atoms with Gasteiger partial charge in [-0.1, -0.05) is 133 Å². The van der Waals surface area contributed by atoms with Crippen LogP contribution in [-0.2, 0) is 0 Å². The van der Waals surface area contributed by atoms with Crippen LogP contribution >= 0.6 is 0 Å². The third-order valence-electron chi connectivity index (χ3n) is 12.1. The molecule has 62 heavy (non-hydrogen) atoms. The van der Waals surface area contributed by atoms with E-state index in [0.717, 1.165) is 78.4 Å². The molecule has 4 heteroatoms. The molecule has 4 nitrogen and oxygen atoms in total. The van der Waals surface area contributed by atoms with Gasteiger partial charge in [0.2, 0.25) is 0 Å². The van der Waals surface area contributed by atoms with E-state index in [0.29, 0.717) is 0 Å². The van der Waals surface area contributed by atoms with Crippen LogP contribution in [0.25, 0.3) is 71.3 Å². The standard InChI is InChI=1S/C58H39N3O/c1-4-18-43(19-5-1)59(48-32-34-51-50-25-13-15-27-55(50)61(56(51)39-48)45-22-8-3-9-23-45)46-30-28-40(29-31-46)49-24-12-14-26-54(49)60(44-20-6-2-7-21-44)47-33-35-57-53(38-47)52-36-41-16-10-11-17-42(41)37-58(52)62-57/h1-39H. The monoisotopic (exact) mass is 793 g/mol. The summed E-state index contributed by atoms with van der Waals surface area (Å²) in [7, 11) is 0. The summed E-state index contributed by atoms with van der Waals surface area (Å²) in [5.74, 6) is 0. The highest BCUT2D eigenvalue weighted by Crippen LogP contribution is 2.45. The predicted octanol–water partition coefficient (Wildman–Crippen LogP) is 16.4. The molecule has 2 aromatic heterocycles. The van der Waals surface area contributed by atoms with Gasteiger partial charge in [0.05, 0.1) is 16.7 Å². The maximum absolute atomic E-state index is 6.43. The number of anilines is 6. The molecule has 2 heterocycles. The highest BCUT2D eigenvalue weighted by atomic mass is 16.3. The number of nitrogens with zero attached hydrogens (tertiary/aromatic N) is 3. The number of para-hydroxylation sites is 5. The van der Waals surface area contributed by atoms with Crippen LogP contribution in [-0.4, -0.2) is 4.57 Å². The molecular weight excluding hydrogens is 755 g/mol. The minimum Gasteiger partial charge on any atom is -0.456 e. The van der Waals surface area contributed by atoms with E-state index in [9.17, 15) is 0 Å². The molecule has 0 radical (unpaired) electrons. The Balaban J connectivity index is 0.976. The van der Waals surface area contributed by atoms with Crippen molar-refractivity contribution < 1.29 is 4.42 Å². The first-order chi connectivity index (χ1) is 30.7. The lowest BCUT2D eigenvalue weighted by Gasteiger charge is -2.28. The molecule has 0 N–H and O–H groups in total. The van der Waals surface area contributed by atoms with Crippen molar-refractivity contribution in [2.24, 2.45) is 0 Å². The zero-order valence-corrected chi connectivity index (χ0v) is 33.8. The maximum atomic E-state index is 6.43. The molecule has 0 atom stereocenters. The van der Waals surface area contributed by atoms with Gasteiger partial charge >= 0.3 is 0 Å². The lowest BCUT2D eigenvalue weighted by atomic mass is 10.0. The molecule has 10 aromatic carbocycles. The fourth-order valence-corrected chi connectivity index (χ4v) is 9.27. The molecule has 0 amide bonds. The Morgan fingerprint density at radius 1 is 0.323 bits per heavy atom. The molecule has 0 fully saturated rings. The van der Waals surface area contributed by atoms with Crippen LogP contribution in [0.15, 0.2) is 241 Å². The van der Waals surface area contributed by atoms with E-state index in [-0.39, 0.29) is 0 Å². The van der Waals surface area contributed by atoms with E-state index in [1.165, 1.54) is 27.1 Å². The van der Waals surface area contributed by atoms with Crippen molar-refractivity contribution in [1.82, 2.24) is 4.57 Å². The first-order valence-corrected chi connectivity index (χ1v) is 21.1. The van der Waals surface area contributed by atoms with Gasteiger partial charge in [0, 0.05) is 61.2 Å². The normalized spacial score (nSPS) is 11.5. The summed E-state index contributed by atoms with van der Waals surface area (Å²) in [5, 5.41) is 7.04. The lowest BCUT2D eigenvalue weighted by Crippen LogP contribution is -2.11. The van der Waals surface area contributed by atoms with Gasteiger partial charge in [-0.15, -0.1) is 0 Å². The molecular formula is C58H39N3O. The largest absolute Gasteiger partial charge is 0.456 e. The molecule has 292 valence electrons. The highest BCUT2D eigenvalue weighted by molar-refractivity contribution is 6.12. The fraction of sp³-hybridized carbons (Fsp3) is 0. The Morgan fingerprint density at radius 2 is 0.871 bits per heavy atom. The zero-order valence-electron chi connectivity index (χ0n) is 33.8. The van der Waals surface area contributed by atoms with Crippen LogP contribution < -0.4 is 9.80 Å². The van der Waals surface area contributed by atoms with Gasteiger partial charge in [0.15, 0.2) is 0 Å². The van der Waals surface area contributed by atoms with E-state index in [2.05, 4.69) is 251 Å². The summed E-state index contributed by atoms with van der Waals surface area (Å²) in [6, 6.07) is 84.6. The van der Waals surface area contributed by atoms with Crippen LogP contribution in [0.5, 0.6) is 0 Å². The van der Waals surface area contributed by atoms with Gasteiger partial charge in [-0.05, 0) is 119 Å². The topological polar surface area (TPSA) is 24.6 Å². The van der Waals surface area contributed by atoms with E-state index in [1.807, 2.05) is 0 Å². The Morgan fingerprint density at radius 3 is 1.65 bits per heavy atom. The van der Waals surface area contributed by atoms with Gasteiger partial charge < -0.3 is 18.8 Å². The zero-order chi connectivity index (χ0) is 41.0. The number of aromatic nitrogens is 1. The summed E-state index contributed by atoms with van der Waals surface area (Å²) in [5.41, 5.74) is 14.0. The molecule has 12 rings (SSSR count). The van der Waals surface area contributed by atoms with E-state index >= 15 is 0 Å². The second-order valence-electron chi connectivity index (χ2n) is 15.8. The SMILES string of the molecule is c1ccc(N(c2ccc(-c3ccccc3N(c3ccccc3)c3ccc4oc5cc6ccccc6cc5c4c3)cc2)c2ccc3c4ccccc4n(-c4ccccc4)c3c2)cc1. The summed E-state index contributed by atoms with van der Waals surface area (Å²) in [6.07, 6.45) is 0. The Hall–Kier alpha value is -8.34. The average Bonchev–Trinajstić information content (AvgIpc) is 3.86. The van der Waals surface area contributed by atoms with Crippen molar-refractivity contribution >= 4 is 88.6 Å². The third kappa shape index (κ3) is 6.00. The van der Waals surface area contributed by atoms with E-state index in [1.54, 1.807) is 0 Å². The molecule has 12 aromatic rings. The molecule has 0 aliphatic carbocycles. The molecule has 0 unspecified atom stereocenters. The second-order valence-corrected chi connectivity index (χ2v) is 15.8. The minimum absolute atomic E-state index is 0.875. The molecule has 0 aliphatic heterocycles. The molecule has 0 spiro atoms. The summed E-state index contributed by atoms with van der Waals surface area (Å²) in [6.45, 7) is 0. The van der Waals surface area contributed by atoms with Crippen LogP contribution in [0.3, 0.4) is 0 Å². The van der Waals surface area contributed by atoms with Gasteiger partial charge in [-0.25, -0.2) is 0 Å². The first-order valence-electron chi connectivity index (χ1n) is 21.1.